The van der Waals surface area contributed by atoms with Crippen LogP contribution in [0.15, 0.2) is 134 Å². The van der Waals surface area contributed by atoms with Crippen LogP contribution in [-0.4, -0.2) is 34.2 Å². The Labute approximate surface area is 246 Å². The SMILES string of the molecule is CO/C=C/[C@H](OCc1ccccc1)[C@H](CO[Si](c1ccccc1)(c1ccccc1)C(C)(C)C)OCc1ccccc1. The van der Waals surface area contributed by atoms with Gasteiger partial charge in [0.05, 0.1) is 33.2 Å². The summed E-state index contributed by atoms with van der Waals surface area (Å²) in [5.41, 5.74) is 2.19. The normalized spacial score (nSPS) is 13.7. The van der Waals surface area contributed by atoms with Gasteiger partial charge in [-0.2, -0.15) is 0 Å². The summed E-state index contributed by atoms with van der Waals surface area (Å²) in [6.07, 6.45) is 2.81. The van der Waals surface area contributed by atoms with Crippen molar-refractivity contribution in [1.29, 1.82) is 0 Å². The summed E-state index contributed by atoms with van der Waals surface area (Å²) in [6, 6.07) is 41.8. The molecule has 0 fully saturated rings. The fourth-order valence-electron chi connectivity index (χ4n) is 5.19. The van der Waals surface area contributed by atoms with E-state index in [1.165, 1.54) is 10.4 Å². The molecule has 0 aliphatic carbocycles. The van der Waals surface area contributed by atoms with Gasteiger partial charge in [0.1, 0.15) is 12.2 Å². The van der Waals surface area contributed by atoms with Gasteiger partial charge in [-0.25, -0.2) is 0 Å². The highest BCUT2D eigenvalue weighted by Gasteiger charge is 2.50. The highest BCUT2D eigenvalue weighted by Crippen LogP contribution is 2.37. The lowest BCUT2D eigenvalue weighted by Crippen LogP contribution is -2.67. The molecule has 0 spiro atoms. The predicted molar refractivity (Wildman–Crippen MR) is 170 cm³/mol. The molecule has 0 aliphatic heterocycles. The fraction of sp³-hybridized carbons (Fsp3) is 0.278. The van der Waals surface area contributed by atoms with Crippen LogP contribution in [0.2, 0.25) is 5.04 Å². The molecule has 0 unspecified atom stereocenters. The van der Waals surface area contributed by atoms with Gasteiger partial charge in [-0.05, 0) is 32.6 Å². The maximum absolute atomic E-state index is 7.29. The zero-order valence-corrected chi connectivity index (χ0v) is 25.6. The molecule has 0 bridgehead atoms. The summed E-state index contributed by atoms with van der Waals surface area (Å²) in [7, 11) is -1.13. The van der Waals surface area contributed by atoms with Gasteiger partial charge in [0.15, 0.2) is 0 Å². The summed E-state index contributed by atoms with van der Waals surface area (Å²) in [5, 5.41) is 2.31. The molecule has 41 heavy (non-hydrogen) atoms. The Bertz CT molecular complexity index is 1270. The first-order valence-corrected chi connectivity index (χ1v) is 16.1. The van der Waals surface area contributed by atoms with Crippen molar-refractivity contribution in [2.75, 3.05) is 13.7 Å². The highest BCUT2D eigenvalue weighted by molar-refractivity contribution is 6.99. The van der Waals surface area contributed by atoms with Crippen LogP contribution in [0.25, 0.3) is 0 Å². The average Bonchev–Trinajstić information content (AvgIpc) is 3.01. The number of benzene rings is 4. The van der Waals surface area contributed by atoms with E-state index in [0.717, 1.165) is 11.1 Å². The average molecular weight is 567 g/mol. The van der Waals surface area contributed by atoms with E-state index in [2.05, 4.69) is 106 Å². The molecule has 4 aromatic carbocycles. The maximum atomic E-state index is 7.29. The van der Waals surface area contributed by atoms with Crippen molar-refractivity contribution in [1.82, 2.24) is 0 Å². The molecule has 0 aliphatic rings. The van der Waals surface area contributed by atoms with Gasteiger partial charge in [-0.3, -0.25) is 0 Å². The monoisotopic (exact) mass is 566 g/mol. The molecule has 0 saturated heterocycles. The molecule has 0 heterocycles. The zero-order valence-electron chi connectivity index (χ0n) is 24.6. The standard InChI is InChI=1S/C36H42O4Si/c1-36(2,3)41(32-21-13-7-14-22-32,33-23-15-8-16-24-33)40-29-35(39-28-31-19-11-6-12-20-31)34(25-26-37-4)38-27-30-17-9-5-10-18-30/h5-26,34-35H,27-29H2,1-4H3/b26-25+/t34-,35-/m0/s1. The van der Waals surface area contributed by atoms with Crippen molar-refractivity contribution in [3.63, 3.8) is 0 Å². The minimum Gasteiger partial charge on any atom is -0.505 e. The van der Waals surface area contributed by atoms with E-state index in [0.29, 0.717) is 19.8 Å². The van der Waals surface area contributed by atoms with Crippen molar-refractivity contribution in [2.45, 2.75) is 51.2 Å². The van der Waals surface area contributed by atoms with E-state index in [1.807, 2.05) is 42.5 Å². The molecule has 2 atom stereocenters. The first kappa shape index (κ1) is 30.5. The lowest BCUT2D eigenvalue weighted by atomic mass is 10.2. The third-order valence-corrected chi connectivity index (χ3v) is 12.2. The molecule has 0 N–H and O–H groups in total. The van der Waals surface area contributed by atoms with Gasteiger partial charge >= 0.3 is 0 Å². The molecule has 4 aromatic rings. The Morgan fingerprint density at radius 1 is 0.634 bits per heavy atom. The molecule has 5 heteroatoms. The highest BCUT2D eigenvalue weighted by atomic mass is 28.4. The topological polar surface area (TPSA) is 36.9 Å². The van der Waals surface area contributed by atoms with Gasteiger partial charge in [-0.15, -0.1) is 0 Å². The lowest BCUT2D eigenvalue weighted by Gasteiger charge is -2.44. The summed E-state index contributed by atoms with van der Waals surface area (Å²) < 4.78 is 25.7. The van der Waals surface area contributed by atoms with E-state index in [-0.39, 0.29) is 11.1 Å². The second-order valence-corrected chi connectivity index (χ2v) is 15.4. The second kappa shape index (κ2) is 14.9. The third kappa shape index (κ3) is 8.05. The van der Waals surface area contributed by atoms with E-state index >= 15 is 0 Å². The van der Waals surface area contributed by atoms with Crippen molar-refractivity contribution in [2.24, 2.45) is 0 Å². The van der Waals surface area contributed by atoms with Crippen LogP contribution in [0, 0.1) is 0 Å². The molecular weight excluding hydrogens is 524 g/mol. The fourth-order valence-corrected chi connectivity index (χ4v) is 9.76. The molecule has 214 valence electrons. The largest absolute Gasteiger partial charge is 0.505 e. The van der Waals surface area contributed by atoms with Crippen LogP contribution in [0.5, 0.6) is 0 Å². The van der Waals surface area contributed by atoms with Crippen LogP contribution >= 0.6 is 0 Å². The zero-order chi connectivity index (χ0) is 29.0. The van der Waals surface area contributed by atoms with Crippen molar-refractivity contribution in [3.05, 3.63) is 145 Å². The Morgan fingerprint density at radius 2 is 1.07 bits per heavy atom. The third-order valence-electron chi connectivity index (χ3n) is 7.24. The number of methoxy groups -OCH3 is 1. The van der Waals surface area contributed by atoms with Gasteiger partial charge in [-0.1, -0.05) is 142 Å². The van der Waals surface area contributed by atoms with Crippen LogP contribution in [0.4, 0.5) is 0 Å². The number of ether oxygens (including phenoxy) is 3. The van der Waals surface area contributed by atoms with E-state index < -0.39 is 14.4 Å². The van der Waals surface area contributed by atoms with Gasteiger partial charge in [0.25, 0.3) is 8.32 Å². The van der Waals surface area contributed by atoms with Crippen LogP contribution in [-0.2, 0) is 31.9 Å². The smallest absolute Gasteiger partial charge is 0.261 e. The van der Waals surface area contributed by atoms with Crippen molar-refractivity contribution >= 4 is 18.7 Å². The number of hydrogen-bond donors (Lipinski definition) is 0. The van der Waals surface area contributed by atoms with E-state index in [4.69, 9.17) is 18.6 Å². The number of rotatable bonds is 14. The Hall–Kier alpha value is -3.48. The first-order chi connectivity index (χ1) is 19.9. The van der Waals surface area contributed by atoms with E-state index in [1.54, 1.807) is 13.4 Å². The first-order valence-electron chi connectivity index (χ1n) is 14.2. The van der Waals surface area contributed by atoms with E-state index in [9.17, 15) is 0 Å². The van der Waals surface area contributed by atoms with Crippen molar-refractivity contribution in [3.8, 4) is 0 Å². The van der Waals surface area contributed by atoms with Crippen LogP contribution in [0.3, 0.4) is 0 Å². The maximum Gasteiger partial charge on any atom is 0.261 e. The molecule has 4 nitrogen and oxygen atoms in total. The summed E-state index contributed by atoms with van der Waals surface area (Å²) in [4.78, 5) is 0. The quantitative estimate of drug-likeness (QED) is 0.123. The summed E-state index contributed by atoms with van der Waals surface area (Å²) >= 11 is 0. The minimum atomic E-state index is -2.78. The van der Waals surface area contributed by atoms with Gasteiger partial charge in [0.2, 0.25) is 0 Å². The number of hydrogen-bond acceptors (Lipinski definition) is 4. The Kier molecular flexibility index (Phi) is 11.1. The molecule has 0 amide bonds. The van der Waals surface area contributed by atoms with Crippen molar-refractivity contribution < 1.29 is 18.6 Å². The van der Waals surface area contributed by atoms with Crippen LogP contribution < -0.4 is 10.4 Å². The lowest BCUT2D eigenvalue weighted by molar-refractivity contribution is -0.0826. The molecule has 0 aromatic heterocycles. The van der Waals surface area contributed by atoms with Gasteiger partial charge in [0, 0.05) is 0 Å². The minimum absolute atomic E-state index is 0.150. The molecule has 0 saturated carbocycles. The Morgan fingerprint density at radius 3 is 1.51 bits per heavy atom. The molecule has 4 rings (SSSR count). The van der Waals surface area contributed by atoms with Gasteiger partial charge < -0.3 is 18.6 Å². The van der Waals surface area contributed by atoms with Crippen LogP contribution in [0.1, 0.15) is 31.9 Å². The summed E-state index contributed by atoms with van der Waals surface area (Å²) in [6.45, 7) is 8.10. The molecular formula is C36H42O4Si. The summed E-state index contributed by atoms with van der Waals surface area (Å²) in [5.74, 6) is 0. The Balaban J connectivity index is 1.70. The molecule has 0 radical (unpaired) electrons. The predicted octanol–water partition coefficient (Wildman–Crippen LogP) is 6.89. The second-order valence-electron chi connectivity index (χ2n) is 11.1.